The third-order valence-corrected chi connectivity index (χ3v) is 5.34. The number of likely N-dealkylation sites (tertiary alicyclic amines) is 1. The summed E-state index contributed by atoms with van der Waals surface area (Å²) in [6.07, 6.45) is 6.67. The zero-order chi connectivity index (χ0) is 14.8. The van der Waals surface area contributed by atoms with Crippen molar-refractivity contribution in [1.29, 1.82) is 0 Å². The number of benzene rings is 1. The molecule has 2 fully saturated rings. The van der Waals surface area contributed by atoms with Gasteiger partial charge in [0.25, 0.3) is 0 Å². The van der Waals surface area contributed by atoms with Crippen molar-refractivity contribution in [3.63, 3.8) is 0 Å². The Morgan fingerprint density at radius 2 is 1.81 bits per heavy atom. The topological polar surface area (TPSA) is 29.3 Å². The van der Waals surface area contributed by atoms with E-state index >= 15 is 0 Å². The predicted octanol–water partition coefficient (Wildman–Crippen LogP) is 4.07. The molecule has 1 aromatic carbocycles. The molecule has 1 aromatic rings. The number of hydrogen-bond acceptors (Lipinski definition) is 2. The second-order valence-corrected chi connectivity index (χ2v) is 7.17. The van der Waals surface area contributed by atoms with Gasteiger partial charge >= 0.3 is 0 Å². The molecule has 116 valence electrons. The number of nitrogens with two attached hydrogens (primary N) is 1. The molecule has 3 rings (SSSR count). The monoisotopic (exact) mass is 286 g/mol. The second-order valence-electron chi connectivity index (χ2n) is 7.17. The highest BCUT2D eigenvalue weighted by atomic mass is 15.2. The van der Waals surface area contributed by atoms with Crippen LogP contribution < -0.4 is 5.73 Å². The Kier molecular flexibility index (Phi) is 4.66. The average Bonchev–Trinajstić information content (AvgIpc) is 3.33. The summed E-state index contributed by atoms with van der Waals surface area (Å²) in [5.74, 6) is 1.42. The van der Waals surface area contributed by atoms with Crippen LogP contribution in [0.15, 0.2) is 24.3 Å². The Bertz CT molecular complexity index is 464. The first-order chi connectivity index (χ1) is 10.2. The fourth-order valence-electron chi connectivity index (χ4n) is 4.07. The number of nitrogens with zero attached hydrogens (tertiary/aromatic N) is 1. The lowest BCUT2D eigenvalue weighted by Crippen LogP contribution is -2.40. The van der Waals surface area contributed by atoms with E-state index in [1.165, 1.54) is 38.6 Å². The van der Waals surface area contributed by atoms with Crippen molar-refractivity contribution in [3.05, 3.63) is 35.4 Å². The molecule has 2 nitrogen and oxygen atoms in total. The Balaban J connectivity index is 2.00. The van der Waals surface area contributed by atoms with E-state index in [4.69, 9.17) is 5.73 Å². The molecule has 0 spiro atoms. The molecule has 0 aromatic heterocycles. The summed E-state index contributed by atoms with van der Waals surface area (Å²) in [4.78, 5) is 2.71. The van der Waals surface area contributed by atoms with Crippen LogP contribution in [0.25, 0.3) is 0 Å². The van der Waals surface area contributed by atoms with Gasteiger partial charge in [-0.15, -0.1) is 0 Å². The summed E-state index contributed by atoms with van der Waals surface area (Å²) in [7, 11) is 0. The zero-order valence-electron chi connectivity index (χ0n) is 13.6. The van der Waals surface area contributed by atoms with Gasteiger partial charge in [-0.05, 0) is 75.6 Å². The molecular formula is C19H30N2. The molecule has 2 atom stereocenters. The van der Waals surface area contributed by atoms with Crippen LogP contribution in [0, 0.1) is 5.92 Å². The van der Waals surface area contributed by atoms with Gasteiger partial charge in [0.2, 0.25) is 0 Å². The van der Waals surface area contributed by atoms with Crippen molar-refractivity contribution in [2.45, 2.75) is 64.0 Å². The quantitative estimate of drug-likeness (QED) is 0.904. The van der Waals surface area contributed by atoms with Crippen molar-refractivity contribution >= 4 is 0 Å². The number of hydrogen-bond donors (Lipinski definition) is 1. The SMILES string of the molecule is CC(C)N1CCCCC(CN)C1c1ccccc1C1CC1. The Morgan fingerprint density at radius 1 is 1.10 bits per heavy atom. The lowest BCUT2D eigenvalue weighted by atomic mass is 9.85. The first-order valence-electron chi connectivity index (χ1n) is 8.77. The average molecular weight is 286 g/mol. The summed E-state index contributed by atoms with van der Waals surface area (Å²) in [5.41, 5.74) is 9.36. The van der Waals surface area contributed by atoms with Crippen LogP contribution in [0.5, 0.6) is 0 Å². The Morgan fingerprint density at radius 3 is 2.43 bits per heavy atom. The highest BCUT2D eigenvalue weighted by molar-refractivity contribution is 5.36. The van der Waals surface area contributed by atoms with Crippen LogP contribution in [0.2, 0.25) is 0 Å². The molecule has 1 saturated heterocycles. The van der Waals surface area contributed by atoms with Gasteiger partial charge in [0.05, 0.1) is 0 Å². The summed E-state index contributed by atoms with van der Waals surface area (Å²) in [6.45, 7) is 6.71. The summed E-state index contributed by atoms with van der Waals surface area (Å²) >= 11 is 0. The van der Waals surface area contributed by atoms with Gasteiger partial charge in [-0.1, -0.05) is 30.7 Å². The number of rotatable bonds is 4. The van der Waals surface area contributed by atoms with E-state index in [-0.39, 0.29) is 0 Å². The van der Waals surface area contributed by atoms with E-state index in [1.807, 2.05) is 0 Å². The molecule has 1 saturated carbocycles. The van der Waals surface area contributed by atoms with Gasteiger partial charge in [0.15, 0.2) is 0 Å². The summed E-state index contributed by atoms with van der Waals surface area (Å²) < 4.78 is 0. The molecule has 0 bridgehead atoms. The third-order valence-electron chi connectivity index (χ3n) is 5.34. The minimum atomic E-state index is 0.522. The Labute approximate surface area is 129 Å². The van der Waals surface area contributed by atoms with Gasteiger partial charge < -0.3 is 5.73 Å². The zero-order valence-corrected chi connectivity index (χ0v) is 13.6. The molecule has 1 aliphatic heterocycles. The maximum absolute atomic E-state index is 6.18. The highest BCUT2D eigenvalue weighted by Crippen LogP contribution is 2.46. The minimum Gasteiger partial charge on any atom is -0.330 e. The van der Waals surface area contributed by atoms with Crippen LogP contribution in [0.4, 0.5) is 0 Å². The van der Waals surface area contributed by atoms with E-state index in [1.54, 1.807) is 11.1 Å². The van der Waals surface area contributed by atoms with Crippen LogP contribution >= 0.6 is 0 Å². The maximum atomic E-state index is 6.18. The Hall–Kier alpha value is -0.860. The maximum Gasteiger partial charge on any atom is 0.0393 e. The van der Waals surface area contributed by atoms with Gasteiger partial charge in [-0.3, -0.25) is 4.90 Å². The van der Waals surface area contributed by atoms with Gasteiger partial charge in [-0.2, -0.15) is 0 Å². The first-order valence-corrected chi connectivity index (χ1v) is 8.77. The molecule has 0 amide bonds. The molecule has 2 N–H and O–H groups in total. The normalized spacial score (nSPS) is 27.8. The fourth-order valence-corrected chi connectivity index (χ4v) is 4.07. The van der Waals surface area contributed by atoms with E-state index in [0.717, 1.165) is 12.5 Å². The van der Waals surface area contributed by atoms with Crippen molar-refractivity contribution < 1.29 is 0 Å². The molecule has 0 radical (unpaired) electrons. The summed E-state index contributed by atoms with van der Waals surface area (Å²) in [5, 5.41) is 0. The third kappa shape index (κ3) is 3.17. The lowest BCUT2D eigenvalue weighted by Gasteiger charge is -2.39. The predicted molar refractivity (Wildman–Crippen MR) is 89.4 cm³/mol. The van der Waals surface area contributed by atoms with Gasteiger partial charge in [0.1, 0.15) is 0 Å². The minimum absolute atomic E-state index is 0.522. The van der Waals surface area contributed by atoms with E-state index < -0.39 is 0 Å². The van der Waals surface area contributed by atoms with Crippen LogP contribution in [-0.2, 0) is 0 Å². The van der Waals surface area contributed by atoms with Gasteiger partial charge in [-0.25, -0.2) is 0 Å². The molecule has 1 heterocycles. The largest absolute Gasteiger partial charge is 0.330 e. The smallest absolute Gasteiger partial charge is 0.0393 e. The van der Waals surface area contributed by atoms with Crippen molar-refractivity contribution in [3.8, 4) is 0 Å². The van der Waals surface area contributed by atoms with Crippen LogP contribution in [-0.4, -0.2) is 24.0 Å². The molecular weight excluding hydrogens is 256 g/mol. The standard InChI is InChI=1S/C19H30N2/c1-14(2)21-12-6-5-7-16(13-20)19(21)18-9-4-3-8-17(18)15-10-11-15/h3-4,8-9,14-16,19H,5-7,10-13,20H2,1-2H3. The van der Waals surface area contributed by atoms with E-state index in [9.17, 15) is 0 Å². The van der Waals surface area contributed by atoms with E-state index in [2.05, 4.69) is 43.0 Å². The molecule has 2 aliphatic rings. The van der Waals surface area contributed by atoms with Crippen molar-refractivity contribution in [1.82, 2.24) is 4.90 Å². The molecule has 1 aliphatic carbocycles. The lowest BCUT2D eigenvalue weighted by molar-refractivity contribution is 0.121. The summed E-state index contributed by atoms with van der Waals surface area (Å²) in [6, 6.07) is 10.3. The molecule has 2 heteroatoms. The van der Waals surface area contributed by atoms with Crippen molar-refractivity contribution in [2.24, 2.45) is 11.7 Å². The second kappa shape index (κ2) is 6.50. The highest BCUT2D eigenvalue weighted by Gasteiger charge is 2.35. The van der Waals surface area contributed by atoms with E-state index in [0.29, 0.717) is 18.0 Å². The van der Waals surface area contributed by atoms with Gasteiger partial charge in [0, 0.05) is 12.1 Å². The van der Waals surface area contributed by atoms with Crippen molar-refractivity contribution in [2.75, 3.05) is 13.1 Å². The fraction of sp³-hybridized carbons (Fsp3) is 0.684. The first kappa shape index (κ1) is 15.1. The molecule has 21 heavy (non-hydrogen) atoms. The molecule has 2 unspecified atom stereocenters. The van der Waals surface area contributed by atoms with Crippen LogP contribution in [0.1, 0.15) is 69.0 Å². The van der Waals surface area contributed by atoms with Crippen LogP contribution in [0.3, 0.4) is 0 Å².